The summed E-state index contributed by atoms with van der Waals surface area (Å²) in [7, 11) is 16.6. The summed E-state index contributed by atoms with van der Waals surface area (Å²) in [6.45, 7) is 6.76. The van der Waals surface area contributed by atoms with Crippen LogP contribution in [0.2, 0.25) is 0 Å². The molecule has 0 fully saturated rings. The zero-order valence-electron chi connectivity index (χ0n) is 24.0. The van der Waals surface area contributed by atoms with Gasteiger partial charge in [0.1, 0.15) is 14.1 Å². The van der Waals surface area contributed by atoms with Crippen molar-refractivity contribution in [3.05, 3.63) is 46.1 Å². The standard InChI is InChI=1S/C28H50N6O2/c1-29(2)15-11-19-33(5,6)17-9-10-18-34(7,8)20-12-16-32-23-26(22-31(4)36)27-14-13-25(21-30(3)35)28(27)24-32/h13-14,21-24H,9-12,15-20H2,1-8H3/q+2/b30-21-,31-22-. The normalized spacial score (nSPS) is 13.8. The highest BCUT2D eigenvalue weighted by Gasteiger charge is 2.19. The molecule has 0 N–H and O–H groups in total. The molecule has 36 heavy (non-hydrogen) atoms. The van der Waals surface area contributed by atoms with Crippen molar-refractivity contribution in [1.29, 1.82) is 0 Å². The van der Waals surface area contributed by atoms with E-state index in [0.29, 0.717) is 0 Å². The van der Waals surface area contributed by atoms with Crippen LogP contribution in [-0.2, 0) is 6.54 Å². The van der Waals surface area contributed by atoms with E-state index in [1.165, 1.54) is 53.0 Å². The lowest BCUT2D eigenvalue weighted by molar-refractivity contribution is -0.897. The Hall–Kier alpha value is -2.42. The van der Waals surface area contributed by atoms with E-state index in [2.05, 4.69) is 57.9 Å². The van der Waals surface area contributed by atoms with Crippen molar-refractivity contribution >= 4 is 12.4 Å². The van der Waals surface area contributed by atoms with Gasteiger partial charge in [-0.2, -0.15) is 0 Å². The van der Waals surface area contributed by atoms with Gasteiger partial charge in [0.05, 0.1) is 59.9 Å². The van der Waals surface area contributed by atoms with Gasteiger partial charge in [0, 0.05) is 62.3 Å². The fourth-order valence-electron chi connectivity index (χ4n) is 4.89. The van der Waals surface area contributed by atoms with Crippen molar-refractivity contribution in [3.63, 3.8) is 0 Å². The van der Waals surface area contributed by atoms with Crippen molar-refractivity contribution < 1.29 is 18.4 Å². The second-order valence-electron chi connectivity index (χ2n) is 11.9. The lowest BCUT2D eigenvalue weighted by Crippen LogP contribution is -2.44. The summed E-state index contributed by atoms with van der Waals surface area (Å²) >= 11 is 0. The highest BCUT2D eigenvalue weighted by atomic mass is 16.5. The molecule has 1 aliphatic carbocycles. The molecule has 0 aromatic rings. The predicted octanol–water partition coefficient (Wildman–Crippen LogP) is 2.99. The van der Waals surface area contributed by atoms with Crippen LogP contribution in [0.5, 0.6) is 0 Å². The zero-order chi connectivity index (χ0) is 26.9. The number of hydroxylamine groups is 2. The number of pyridine rings is 1. The average molecular weight is 503 g/mol. The van der Waals surface area contributed by atoms with Crippen molar-refractivity contribution in [3.8, 4) is 11.1 Å². The summed E-state index contributed by atoms with van der Waals surface area (Å²) in [5.74, 6) is 0. The third-order valence-corrected chi connectivity index (χ3v) is 6.91. The zero-order valence-corrected chi connectivity index (χ0v) is 24.0. The lowest BCUT2D eigenvalue weighted by atomic mass is 10.0. The van der Waals surface area contributed by atoms with E-state index in [1.54, 1.807) is 12.4 Å². The number of nitrogens with zero attached hydrogens (tertiary/aromatic N) is 6. The smallest absolute Gasteiger partial charge is 0.183 e. The third-order valence-electron chi connectivity index (χ3n) is 6.91. The molecule has 0 radical (unpaired) electrons. The van der Waals surface area contributed by atoms with Crippen LogP contribution in [0.15, 0.2) is 24.5 Å². The molecule has 0 aromatic heterocycles. The first kappa shape index (κ1) is 29.8. The maximum Gasteiger partial charge on any atom is 0.183 e. The van der Waals surface area contributed by atoms with Gasteiger partial charge in [-0.25, -0.2) is 9.48 Å². The predicted molar refractivity (Wildman–Crippen MR) is 151 cm³/mol. The molecule has 0 saturated carbocycles. The quantitative estimate of drug-likeness (QED) is 0.0940. The minimum Gasteiger partial charge on any atom is -0.624 e. The van der Waals surface area contributed by atoms with Crippen LogP contribution in [-0.4, -0.2) is 129 Å². The average Bonchev–Trinajstić information content (AvgIpc) is 3.13. The van der Waals surface area contributed by atoms with E-state index in [4.69, 9.17) is 0 Å². The molecule has 1 heterocycles. The van der Waals surface area contributed by atoms with Gasteiger partial charge in [-0.15, -0.1) is 0 Å². The number of aromatic nitrogens is 1. The molecule has 202 valence electrons. The van der Waals surface area contributed by atoms with Crippen molar-refractivity contribution in [2.24, 2.45) is 0 Å². The number of rotatable bonds is 15. The van der Waals surface area contributed by atoms with Crippen molar-refractivity contribution in [2.45, 2.75) is 32.2 Å². The Morgan fingerprint density at radius 1 is 0.750 bits per heavy atom. The Bertz CT molecular complexity index is 982. The molecule has 2 rings (SSSR count). The Labute approximate surface area is 219 Å². The SMILES string of the molecule is CN(C)CCC[N+](C)(C)CCCC[N+](C)(C)CCCn1cc(/C=[N+](/C)[O-])c2ccc(/C=[N+](/C)[O-])c-2c1. The molecule has 1 aliphatic heterocycles. The Balaban J connectivity index is 1.92. The number of hydrogen-bond donors (Lipinski definition) is 0. The molecule has 8 heteroatoms. The van der Waals surface area contributed by atoms with Gasteiger partial charge in [0.15, 0.2) is 12.4 Å². The van der Waals surface area contributed by atoms with Crippen LogP contribution in [0.25, 0.3) is 11.1 Å². The van der Waals surface area contributed by atoms with Crippen molar-refractivity contribution in [2.75, 3.05) is 89.1 Å². The second-order valence-corrected chi connectivity index (χ2v) is 11.9. The van der Waals surface area contributed by atoms with E-state index in [9.17, 15) is 10.4 Å². The molecule has 0 bridgehead atoms. The molecule has 0 unspecified atom stereocenters. The van der Waals surface area contributed by atoms with Crippen LogP contribution in [0, 0.1) is 10.4 Å². The summed E-state index contributed by atoms with van der Waals surface area (Å²) in [6.07, 6.45) is 12.1. The van der Waals surface area contributed by atoms with Gasteiger partial charge >= 0.3 is 0 Å². The first-order valence-corrected chi connectivity index (χ1v) is 13.2. The monoisotopic (exact) mass is 502 g/mol. The molecule has 0 atom stereocenters. The largest absolute Gasteiger partial charge is 0.624 e. The van der Waals surface area contributed by atoms with Crippen LogP contribution in [0.4, 0.5) is 0 Å². The van der Waals surface area contributed by atoms with E-state index in [1.807, 2.05) is 18.3 Å². The first-order chi connectivity index (χ1) is 16.8. The number of fused-ring (bicyclic) bond motifs is 1. The van der Waals surface area contributed by atoms with Gasteiger partial charge in [-0.3, -0.25) is 0 Å². The maximum atomic E-state index is 11.7. The van der Waals surface area contributed by atoms with E-state index in [0.717, 1.165) is 66.8 Å². The van der Waals surface area contributed by atoms with Gasteiger partial charge in [-0.1, -0.05) is 6.07 Å². The van der Waals surface area contributed by atoms with Crippen LogP contribution in [0.1, 0.15) is 36.8 Å². The topological polar surface area (TPSA) is 60.3 Å². The molecule has 0 aromatic carbocycles. The van der Waals surface area contributed by atoms with Gasteiger partial charge < -0.3 is 28.8 Å². The summed E-state index contributed by atoms with van der Waals surface area (Å²) in [5, 5.41) is 23.3. The fraction of sp³-hybridized carbons (Fsp3) is 0.643. The van der Waals surface area contributed by atoms with Crippen LogP contribution < -0.4 is 0 Å². The first-order valence-electron chi connectivity index (χ1n) is 13.2. The summed E-state index contributed by atoms with van der Waals surface area (Å²) in [6, 6.07) is 3.92. The number of hydrogen-bond acceptors (Lipinski definition) is 3. The molecule has 8 nitrogen and oxygen atoms in total. The van der Waals surface area contributed by atoms with Gasteiger partial charge in [0.2, 0.25) is 0 Å². The van der Waals surface area contributed by atoms with Crippen LogP contribution in [0.3, 0.4) is 0 Å². The highest BCUT2D eigenvalue weighted by Crippen LogP contribution is 2.30. The molecule has 0 saturated heterocycles. The number of unbranched alkanes of at least 4 members (excludes halogenated alkanes) is 1. The highest BCUT2D eigenvalue weighted by molar-refractivity contribution is 5.96. The Kier molecular flexibility index (Phi) is 10.9. The fourth-order valence-corrected chi connectivity index (χ4v) is 4.89. The van der Waals surface area contributed by atoms with Gasteiger partial charge in [-0.05, 0) is 25.7 Å². The number of quaternary nitrogens is 2. The van der Waals surface area contributed by atoms with Gasteiger partial charge in [0.25, 0.3) is 0 Å². The van der Waals surface area contributed by atoms with E-state index >= 15 is 0 Å². The summed E-state index contributed by atoms with van der Waals surface area (Å²) in [4.78, 5) is 2.26. The number of aryl methyl sites for hydroxylation is 1. The Morgan fingerprint density at radius 3 is 1.83 bits per heavy atom. The molecule has 0 spiro atoms. The van der Waals surface area contributed by atoms with E-state index in [-0.39, 0.29) is 0 Å². The third kappa shape index (κ3) is 10.3. The Morgan fingerprint density at radius 2 is 1.28 bits per heavy atom. The molecule has 2 aliphatic rings. The summed E-state index contributed by atoms with van der Waals surface area (Å²) in [5.41, 5.74) is 3.73. The summed E-state index contributed by atoms with van der Waals surface area (Å²) < 4.78 is 5.92. The molecular formula is C28H50N6O2+2. The van der Waals surface area contributed by atoms with Crippen LogP contribution >= 0.6 is 0 Å². The minimum atomic E-state index is 0.818. The molecule has 0 amide bonds. The second kappa shape index (κ2) is 13.2. The molecular weight excluding hydrogens is 452 g/mol. The van der Waals surface area contributed by atoms with Crippen molar-refractivity contribution in [1.82, 2.24) is 9.47 Å². The van der Waals surface area contributed by atoms with E-state index < -0.39 is 0 Å². The maximum absolute atomic E-state index is 11.7. The minimum absolute atomic E-state index is 0.818. The lowest BCUT2D eigenvalue weighted by Gasteiger charge is -2.32.